The van der Waals surface area contributed by atoms with Gasteiger partial charge in [0.1, 0.15) is 5.54 Å². The first kappa shape index (κ1) is 14.5. The molecule has 1 unspecified atom stereocenters. The molecule has 0 aromatic heterocycles. The second kappa shape index (κ2) is 6.22. The molecule has 1 fully saturated rings. The standard InChI is InChI=1S/C22H23N/c1-2-9-19(10-3-1)14-16-22(23-17-6-7-18-23)15-8-12-20-11-4-5-13-21(20)22/h1-5,9-11,13H,6-8,12,15,17-18H2. The van der Waals surface area contributed by atoms with Crippen LogP contribution in [-0.4, -0.2) is 18.0 Å². The van der Waals surface area contributed by atoms with Crippen LogP contribution in [0.3, 0.4) is 0 Å². The zero-order chi connectivity index (χ0) is 15.5. The molecular weight excluding hydrogens is 278 g/mol. The zero-order valence-electron chi connectivity index (χ0n) is 13.6. The molecule has 4 rings (SSSR count). The van der Waals surface area contributed by atoms with Crippen molar-refractivity contribution >= 4 is 0 Å². The van der Waals surface area contributed by atoms with Gasteiger partial charge in [-0.05, 0) is 68.5 Å². The van der Waals surface area contributed by atoms with E-state index in [2.05, 4.69) is 71.3 Å². The van der Waals surface area contributed by atoms with Gasteiger partial charge >= 0.3 is 0 Å². The molecule has 1 aliphatic carbocycles. The Hall–Kier alpha value is -2.04. The van der Waals surface area contributed by atoms with Crippen molar-refractivity contribution in [1.29, 1.82) is 0 Å². The van der Waals surface area contributed by atoms with E-state index in [1.54, 1.807) is 0 Å². The maximum Gasteiger partial charge on any atom is 0.109 e. The molecule has 1 saturated heterocycles. The Labute approximate surface area is 139 Å². The van der Waals surface area contributed by atoms with Gasteiger partial charge in [-0.2, -0.15) is 0 Å². The van der Waals surface area contributed by atoms with Gasteiger partial charge in [-0.3, -0.25) is 4.90 Å². The van der Waals surface area contributed by atoms with Gasteiger partial charge in [0, 0.05) is 5.56 Å². The van der Waals surface area contributed by atoms with Crippen LogP contribution in [0.15, 0.2) is 54.6 Å². The smallest absolute Gasteiger partial charge is 0.109 e. The highest BCUT2D eigenvalue weighted by molar-refractivity contribution is 5.46. The van der Waals surface area contributed by atoms with E-state index in [1.807, 2.05) is 0 Å². The first-order chi connectivity index (χ1) is 11.4. The average molecular weight is 301 g/mol. The van der Waals surface area contributed by atoms with E-state index >= 15 is 0 Å². The van der Waals surface area contributed by atoms with Gasteiger partial charge in [-0.1, -0.05) is 54.3 Å². The van der Waals surface area contributed by atoms with E-state index in [1.165, 1.54) is 49.9 Å². The van der Waals surface area contributed by atoms with Gasteiger partial charge in [0.15, 0.2) is 0 Å². The van der Waals surface area contributed by atoms with E-state index < -0.39 is 0 Å². The van der Waals surface area contributed by atoms with Crippen LogP contribution in [0.2, 0.25) is 0 Å². The maximum absolute atomic E-state index is 3.73. The maximum atomic E-state index is 3.73. The van der Waals surface area contributed by atoms with Crippen LogP contribution in [0.5, 0.6) is 0 Å². The van der Waals surface area contributed by atoms with Crippen molar-refractivity contribution < 1.29 is 0 Å². The molecule has 0 N–H and O–H groups in total. The van der Waals surface area contributed by atoms with Crippen molar-refractivity contribution in [3.63, 3.8) is 0 Å². The van der Waals surface area contributed by atoms with Crippen molar-refractivity contribution in [3.05, 3.63) is 71.3 Å². The van der Waals surface area contributed by atoms with Gasteiger partial charge in [-0.25, -0.2) is 0 Å². The highest BCUT2D eigenvalue weighted by Crippen LogP contribution is 2.41. The fourth-order valence-corrected chi connectivity index (χ4v) is 4.14. The highest BCUT2D eigenvalue weighted by atomic mass is 15.2. The first-order valence-electron chi connectivity index (χ1n) is 8.80. The molecule has 0 radical (unpaired) electrons. The molecule has 23 heavy (non-hydrogen) atoms. The molecule has 1 atom stereocenters. The van der Waals surface area contributed by atoms with Crippen LogP contribution in [0, 0.1) is 11.8 Å². The summed E-state index contributed by atoms with van der Waals surface area (Å²) in [6.07, 6.45) is 6.19. The Morgan fingerprint density at radius 3 is 2.39 bits per heavy atom. The number of rotatable bonds is 1. The molecule has 0 amide bonds. The molecule has 0 spiro atoms. The molecule has 116 valence electrons. The Morgan fingerprint density at radius 1 is 0.826 bits per heavy atom. The molecule has 2 aromatic carbocycles. The lowest BCUT2D eigenvalue weighted by Gasteiger charge is -2.42. The van der Waals surface area contributed by atoms with Gasteiger partial charge in [-0.15, -0.1) is 0 Å². The van der Waals surface area contributed by atoms with Crippen molar-refractivity contribution in [2.75, 3.05) is 13.1 Å². The zero-order valence-corrected chi connectivity index (χ0v) is 13.6. The number of likely N-dealkylation sites (tertiary alicyclic amines) is 1. The van der Waals surface area contributed by atoms with Crippen molar-refractivity contribution in [2.45, 2.75) is 37.6 Å². The molecule has 1 nitrogen and oxygen atoms in total. The molecule has 0 bridgehead atoms. The fourth-order valence-electron chi connectivity index (χ4n) is 4.14. The number of hydrogen-bond acceptors (Lipinski definition) is 1. The number of nitrogens with zero attached hydrogens (tertiary/aromatic N) is 1. The lowest BCUT2D eigenvalue weighted by molar-refractivity contribution is 0.153. The third-order valence-corrected chi connectivity index (χ3v) is 5.28. The molecular formula is C22H23N. The minimum atomic E-state index is -0.0822. The Bertz CT molecular complexity index is 731. The predicted molar refractivity (Wildman–Crippen MR) is 95.2 cm³/mol. The summed E-state index contributed by atoms with van der Waals surface area (Å²) < 4.78 is 0. The van der Waals surface area contributed by atoms with Crippen LogP contribution < -0.4 is 0 Å². The largest absolute Gasteiger partial charge is 0.284 e. The lowest BCUT2D eigenvalue weighted by atomic mass is 9.75. The average Bonchev–Trinajstić information content (AvgIpc) is 3.16. The van der Waals surface area contributed by atoms with Crippen LogP contribution in [-0.2, 0) is 12.0 Å². The summed E-state index contributed by atoms with van der Waals surface area (Å²) in [6.45, 7) is 2.36. The molecule has 1 heteroatoms. The second-order valence-corrected chi connectivity index (χ2v) is 6.68. The van der Waals surface area contributed by atoms with E-state index in [0.717, 1.165) is 12.0 Å². The van der Waals surface area contributed by atoms with Crippen molar-refractivity contribution in [3.8, 4) is 11.8 Å². The Kier molecular flexibility index (Phi) is 3.93. The highest BCUT2D eigenvalue weighted by Gasteiger charge is 2.41. The molecule has 1 heterocycles. The fraction of sp³-hybridized carbons (Fsp3) is 0.364. The van der Waals surface area contributed by atoms with Crippen molar-refractivity contribution in [2.24, 2.45) is 0 Å². The van der Waals surface area contributed by atoms with E-state index in [0.29, 0.717) is 0 Å². The van der Waals surface area contributed by atoms with Gasteiger partial charge in [0.05, 0.1) is 0 Å². The monoisotopic (exact) mass is 301 g/mol. The summed E-state index contributed by atoms with van der Waals surface area (Å²) in [5.41, 5.74) is 3.99. The van der Waals surface area contributed by atoms with Gasteiger partial charge in [0.2, 0.25) is 0 Å². The lowest BCUT2D eigenvalue weighted by Crippen LogP contribution is -2.46. The summed E-state index contributed by atoms with van der Waals surface area (Å²) in [6, 6.07) is 19.4. The minimum absolute atomic E-state index is 0.0822. The van der Waals surface area contributed by atoms with Gasteiger partial charge in [0.25, 0.3) is 0 Å². The number of fused-ring (bicyclic) bond motifs is 1. The van der Waals surface area contributed by atoms with Gasteiger partial charge < -0.3 is 0 Å². The summed E-state index contributed by atoms with van der Waals surface area (Å²) >= 11 is 0. The summed E-state index contributed by atoms with van der Waals surface area (Å²) in [5.74, 6) is 7.21. The number of hydrogen-bond donors (Lipinski definition) is 0. The third-order valence-electron chi connectivity index (χ3n) is 5.28. The van der Waals surface area contributed by atoms with Crippen LogP contribution in [0.4, 0.5) is 0 Å². The van der Waals surface area contributed by atoms with Crippen molar-refractivity contribution in [1.82, 2.24) is 4.90 Å². The number of aryl methyl sites for hydroxylation is 1. The quantitative estimate of drug-likeness (QED) is 0.707. The minimum Gasteiger partial charge on any atom is -0.284 e. The summed E-state index contributed by atoms with van der Waals surface area (Å²) in [5, 5.41) is 0. The third kappa shape index (κ3) is 2.69. The first-order valence-corrected chi connectivity index (χ1v) is 8.80. The van der Waals surface area contributed by atoms with Crippen LogP contribution >= 0.6 is 0 Å². The SMILES string of the molecule is C(#CC1(N2CCCC2)CCCc2ccccc21)c1ccccc1. The van der Waals surface area contributed by atoms with Crippen LogP contribution in [0.1, 0.15) is 42.4 Å². The Balaban J connectivity index is 1.82. The second-order valence-electron chi connectivity index (χ2n) is 6.68. The molecule has 2 aromatic rings. The normalized spacial score (nSPS) is 23.8. The number of benzene rings is 2. The van der Waals surface area contributed by atoms with Crippen LogP contribution in [0.25, 0.3) is 0 Å². The molecule has 1 aliphatic heterocycles. The molecule has 0 saturated carbocycles. The van der Waals surface area contributed by atoms with E-state index in [4.69, 9.17) is 0 Å². The van der Waals surface area contributed by atoms with E-state index in [-0.39, 0.29) is 5.54 Å². The topological polar surface area (TPSA) is 3.24 Å². The van der Waals surface area contributed by atoms with E-state index in [9.17, 15) is 0 Å². The Morgan fingerprint density at radius 2 is 1.57 bits per heavy atom. The summed E-state index contributed by atoms with van der Waals surface area (Å²) in [7, 11) is 0. The summed E-state index contributed by atoms with van der Waals surface area (Å²) in [4.78, 5) is 2.64. The molecule has 2 aliphatic rings. The predicted octanol–water partition coefficient (Wildman–Crippen LogP) is 4.37.